The molecule has 0 aliphatic heterocycles. The van der Waals surface area contributed by atoms with Crippen LogP contribution in [-0.4, -0.2) is 43.2 Å². The van der Waals surface area contributed by atoms with E-state index in [4.69, 9.17) is 26.6 Å². The van der Waals surface area contributed by atoms with E-state index in [2.05, 4.69) is 10.3 Å². The largest absolute Gasteiger partial charge is 0.457 e. The van der Waals surface area contributed by atoms with Crippen LogP contribution in [0, 0.1) is 0 Å². The van der Waals surface area contributed by atoms with E-state index in [0.717, 1.165) is 17.0 Å². The molecule has 4 N–H and O–H groups in total. The number of carbonyl (C=O) groups excluding carboxylic acids is 2. The number of alkyl halides is 3. The Morgan fingerprint density at radius 3 is 2.14 bits per heavy atom. The average Bonchev–Trinajstić information content (AvgIpc) is 2.79. The fourth-order valence-corrected chi connectivity index (χ4v) is 3.02. The van der Waals surface area contributed by atoms with Gasteiger partial charge in [0.2, 0.25) is 0 Å². The molecule has 0 saturated heterocycles. The molecule has 15 heteroatoms. The van der Waals surface area contributed by atoms with Crippen molar-refractivity contribution >= 4 is 45.0 Å². The highest BCUT2D eigenvalue weighted by atomic mass is 35.5. The summed E-state index contributed by atoms with van der Waals surface area (Å²) in [6.45, 7) is 0. The van der Waals surface area contributed by atoms with Gasteiger partial charge in [-0.15, -0.1) is 0 Å². The fraction of sp³-hybridized carbons (Fsp3) is 0.136. The van der Waals surface area contributed by atoms with E-state index in [9.17, 15) is 31.2 Å². The first kappa shape index (κ1) is 29.4. The Hall–Kier alpha value is -3.88. The third-order valence-electron chi connectivity index (χ3n) is 4.26. The number of primary amides is 1. The third kappa shape index (κ3) is 8.93. The van der Waals surface area contributed by atoms with Crippen LogP contribution in [0.4, 0.5) is 29.3 Å². The van der Waals surface area contributed by atoms with Crippen LogP contribution < -0.4 is 20.7 Å². The number of benzene rings is 2. The van der Waals surface area contributed by atoms with Crippen molar-refractivity contribution in [3.05, 3.63) is 77.1 Å². The number of urea groups is 1. The molecule has 0 aliphatic rings. The van der Waals surface area contributed by atoms with Crippen molar-refractivity contribution in [2.75, 3.05) is 18.2 Å². The number of nitrogens with two attached hydrogens (primary N) is 1. The summed E-state index contributed by atoms with van der Waals surface area (Å²) in [5, 5.41) is 1.95. The first-order valence-corrected chi connectivity index (χ1v) is 12.2. The van der Waals surface area contributed by atoms with Gasteiger partial charge in [-0.2, -0.15) is 21.6 Å². The lowest BCUT2D eigenvalue weighted by molar-refractivity contribution is -0.137. The number of rotatable bonds is 5. The number of amides is 3. The van der Waals surface area contributed by atoms with E-state index >= 15 is 0 Å². The van der Waals surface area contributed by atoms with Gasteiger partial charge < -0.3 is 15.8 Å². The predicted molar refractivity (Wildman–Crippen MR) is 130 cm³/mol. The lowest BCUT2D eigenvalue weighted by Gasteiger charge is -2.22. The quantitative estimate of drug-likeness (QED) is 0.385. The van der Waals surface area contributed by atoms with Crippen LogP contribution in [0.2, 0.25) is 5.02 Å². The molecule has 0 bridgehead atoms. The summed E-state index contributed by atoms with van der Waals surface area (Å²) in [5.41, 5.74) is 4.59. The van der Waals surface area contributed by atoms with Gasteiger partial charge in [-0.25, -0.2) is 4.79 Å². The van der Waals surface area contributed by atoms with Crippen molar-refractivity contribution < 1.29 is 40.5 Å². The molecule has 0 fully saturated rings. The van der Waals surface area contributed by atoms with Gasteiger partial charge in [-0.3, -0.25) is 19.2 Å². The zero-order chi connectivity index (χ0) is 28.0. The van der Waals surface area contributed by atoms with Gasteiger partial charge in [-0.1, -0.05) is 11.6 Å². The molecule has 0 radical (unpaired) electrons. The number of anilines is 2. The van der Waals surface area contributed by atoms with E-state index < -0.39 is 32.9 Å². The number of hydrogen-bond donors (Lipinski definition) is 3. The number of nitrogens with one attached hydrogen (secondary N) is 1. The minimum atomic E-state index is -4.70. The molecular formula is C22H20ClF3N4O6S. The van der Waals surface area contributed by atoms with Gasteiger partial charge >= 0.3 is 12.2 Å². The van der Waals surface area contributed by atoms with Crippen LogP contribution in [0.25, 0.3) is 0 Å². The highest BCUT2D eigenvalue weighted by molar-refractivity contribution is 7.85. The fourth-order valence-electron chi connectivity index (χ4n) is 2.80. The molecule has 1 heterocycles. The number of hydrogen-bond acceptors (Lipinski definition) is 6. The molecule has 1 aromatic heterocycles. The van der Waals surface area contributed by atoms with E-state index in [1.165, 1.54) is 49.6 Å². The zero-order valence-electron chi connectivity index (χ0n) is 19.2. The van der Waals surface area contributed by atoms with Crippen LogP contribution in [-0.2, 0) is 16.3 Å². The molecule has 2 aromatic carbocycles. The number of ether oxygens (including phenoxy) is 1. The van der Waals surface area contributed by atoms with Crippen LogP contribution in [0.15, 0.2) is 60.8 Å². The van der Waals surface area contributed by atoms with Crippen molar-refractivity contribution in [1.29, 1.82) is 0 Å². The molecule has 3 rings (SSSR count). The van der Waals surface area contributed by atoms with Crippen LogP contribution in [0.3, 0.4) is 0 Å². The van der Waals surface area contributed by atoms with Gasteiger partial charge in [0.1, 0.15) is 17.2 Å². The van der Waals surface area contributed by atoms with Crippen molar-refractivity contribution in [3.63, 3.8) is 0 Å². The minimum absolute atomic E-state index is 0.104. The topological polar surface area (TPSA) is 152 Å². The molecule has 198 valence electrons. The second kappa shape index (κ2) is 11.9. The predicted octanol–water partition coefficient (Wildman–Crippen LogP) is 4.63. The van der Waals surface area contributed by atoms with Crippen LogP contribution in [0.5, 0.6) is 11.5 Å². The summed E-state index contributed by atoms with van der Waals surface area (Å²) in [6, 6.07) is 10.9. The lowest BCUT2D eigenvalue weighted by atomic mass is 10.1. The molecule has 37 heavy (non-hydrogen) atoms. The summed E-state index contributed by atoms with van der Waals surface area (Å²) in [4.78, 5) is 28.5. The van der Waals surface area contributed by atoms with Crippen molar-refractivity contribution in [3.8, 4) is 11.5 Å². The van der Waals surface area contributed by atoms with Crippen molar-refractivity contribution in [2.24, 2.45) is 5.73 Å². The summed E-state index contributed by atoms with van der Waals surface area (Å²) in [5.74, 6) is 0.300. The van der Waals surface area contributed by atoms with Crippen molar-refractivity contribution in [1.82, 2.24) is 10.3 Å². The smallest absolute Gasteiger partial charge is 0.417 e. The van der Waals surface area contributed by atoms with Crippen LogP contribution in [0.1, 0.15) is 16.1 Å². The van der Waals surface area contributed by atoms with Gasteiger partial charge in [-0.05, 0) is 48.5 Å². The molecule has 0 aliphatic carbocycles. The summed E-state index contributed by atoms with van der Waals surface area (Å²) < 4.78 is 71.1. The second-order valence-corrected chi connectivity index (χ2v) is 8.99. The van der Waals surface area contributed by atoms with Gasteiger partial charge in [0.05, 0.1) is 28.2 Å². The van der Waals surface area contributed by atoms with E-state index in [1.807, 2.05) is 0 Å². The molecule has 0 spiro atoms. The molecule has 0 unspecified atom stereocenters. The average molecular weight is 561 g/mol. The molecule has 3 aromatic rings. The Morgan fingerprint density at radius 1 is 1.05 bits per heavy atom. The Morgan fingerprint density at radius 2 is 1.62 bits per heavy atom. The summed E-state index contributed by atoms with van der Waals surface area (Å²) >= 11 is 5.65. The Bertz CT molecular complexity index is 1380. The number of pyridine rings is 1. The second-order valence-electron chi connectivity index (χ2n) is 7.12. The number of halogens is 4. The maximum Gasteiger partial charge on any atom is 0.417 e. The lowest BCUT2D eigenvalue weighted by Crippen LogP contribution is -2.31. The first-order valence-electron chi connectivity index (χ1n) is 9.95. The minimum Gasteiger partial charge on any atom is -0.457 e. The van der Waals surface area contributed by atoms with E-state index in [0.29, 0.717) is 17.8 Å². The van der Waals surface area contributed by atoms with Gasteiger partial charge in [0.15, 0.2) is 0 Å². The molecule has 10 nitrogen and oxygen atoms in total. The number of carbonyl (C=O) groups is 2. The molecular weight excluding hydrogens is 541 g/mol. The summed E-state index contributed by atoms with van der Waals surface area (Å²) in [6.07, 6.45) is -2.58. The Labute approximate surface area is 214 Å². The standard InChI is InChI=1S/C21H16ClF3N4O3.CH4O3S/c1-27-19(30)18-11-15(8-9-28-18)32-14-5-2-12(3-6-14)29(20(26)31)13-4-7-17(22)16(10-13)21(23,24)25;1-5(2,3)4/h2-11H,1H3,(H2,26,31)(H,27,30);1H3,(H,2,3,4). The summed E-state index contributed by atoms with van der Waals surface area (Å²) in [7, 11) is -2.20. The van der Waals surface area contributed by atoms with Gasteiger partial charge in [0.25, 0.3) is 16.0 Å². The Kier molecular flexibility index (Phi) is 9.44. The molecule has 0 atom stereocenters. The van der Waals surface area contributed by atoms with E-state index in [-0.39, 0.29) is 23.0 Å². The third-order valence-corrected chi connectivity index (χ3v) is 4.59. The SMILES string of the molecule is CNC(=O)c1cc(Oc2ccc(N(C(N)=O)c3ccc(Cl)c(C(F)(F)F)c3)cc2)ccn1.CS(=O)(=O)O. The first-order chi connectivity index (χ1) is 17.1. The Balaban J connectivity index is 0.000000877. The zero-order valence-corrected chi connectivity index (χ0v) is 20.7. The highest BCUT2D eigenvalue weighted by Gasteiger charge is 2.34. The molecule has 3 amide bonds. The normalized spacial score (nSPS) is 11.1. The molecule has 0 saturated carbocycles. The van der Waals surface area contributed by atoms with Gasteiger partial charge in [0, 0.05) is 19.3 Å². The van der Waals surface area contributed by atoms with Crippen LogP contribution >= 0.6 is 11.6 Å². The van der Waals surface area contributed by atoms with E-state index in [1.54, 1.807) is 6.07 Å². The number of nitrogens with zero attached hydrogens (tertiary/aromatic N) is 2. The number of aromatic nitrogens is 1. The maximum absolute atomic E-state index is 13.2. The van der Waals surface area contributed by atoms with Crippen molar-refractivity contribution in [2.45, 2.75) is 6.18 Å². The maximum atomic E-state index is 13.2. The highest BCUT2D eigenvalue weighted by Crippen LogP contribution is 2.38. The monoisotopic (exact) mass is 560 g/mol.